The van der Waals surface area contributed by atoms with Gasteiger partial charge in [-0.05, 0) is 40.0 Å². The van der Waals surface area contributed by atoms with E-state index in [0.717, 1.165) is 26.8 Å². The molecular weight excluding hydrogens is 312 g/mol. The number of rotatable bonds is 3. The normalized spacial score (nSPS) is 18.9. The lowest BCUT2D eigenvalue weighted by atomic mass is 10.1. The Morgan fingerprint density at radius 3 is 2.83 bits per heavy atom. The number of amidine groups is 1. The Morgan fingerprint density at radius 1 is 1.50 bits per heavy atom. The van der Waals surface area contributed by atoms with E-state index in [2.05, 4.69) is 40.1 Å². The Hall–Kier alpha value is -0.680. The van der Waals surface area contributed by atoms with Crippen molar-refractivity contribution in [3.8, 4) is 5.75 Å². The lowest BCUT2D eigenvalue weighted by molar-refractivity contribution is 0.412. The van der Waals surface area contributed by atoms with Crippen LogP contribution in [0.3, 0.4) is 0 Å². The van der Waals surface area contributed by atoms with Crippen LogP contribution >= 0.6 is 27.7 Å². The molecule has 1 heterocycles. The molecule has 0 radical (unpaired) electrons. The first kappa shape index (κ1) is 13.7. The molecule has 1 atom stereocenters. The number of aliphatic imine (C=N–C) groups is 1. The molecule has 18 heavy (non-hydrogen) atoms. The minimum absolute atomic E-state index is 0.430. The van der Waals surface area contributed by atoms with E-state index in [4.69, 9.17) is 4.74 Å². The van der Waals surface area contributed by atoms with Crippen LogP contribution < -0.4 is 10.1 Å². The lowest BCUT2D eigenvalue weighted by Crippen LogP contribution is -2.12. The molecule has 0 saturated heterocycles. The molecule has 1 aliphatic rings. The molecule has 2 rings (SSSR count). The Kier molecular flexibility index (Phi) is 4.56. The summed E-state index contributed by atoms with van der Waals surface area (Å²) in [5.41, 5.74) is 1.03. The predicted octanol–water partition coefficient (Wildman–Crippen LogP) is 4.00. The summed E-state index contributed by atoms with van der Waals surface area (Å²) in [5.74, 6) is 2.50. The number of thioether (sulfide) groups is 1. The minimum atomic E-state index is 0.430. The van der Waals surface area contributed by atoms with Gasteiger partial charge in [0.25, 0.3) is 0 Å². The summed E-state index contributed by atoms with van der Waals surface area (Å²) < 4.78 is 6.15. The molecule has 1 aliphatic heterocycles. The lowest BCUT2D eigenvalue weighted by Gasteiger charge is -2.09. The highest BCUT2D eigenvalue weighted by Gasteiger charge is 2.21. The van der Waals surface area contributed by atoms with Crippen LogP contribution in [-0.4, -0.2) is 24.1 Å². The zero-order chi connectivity index (χ0) is 13.1. The number of halogens is 1. The van der Waals surface area contributed by atoms with Gasteiger partial charge in [0, 0.05) is 11.4 Å². The summed E-state index contributed by atoms with van der Waals surface area (Å²) in [7, 11) is 1.66. The van der Waals surface area contributed by atoms with E-state index < -0.39 is 0 Å². The van der Waals surface area contributed by atoms with E-state index >= 15 is 0 Å². The van der Waals surface area contributed by atoms with Crippen LogP contribution in [0.25, 0.3) is 0 Å². The van der Waals surface area contributed by atoms with Crippen molar-refractivity contribution in [3.63, 3.8) is 0 Å². The summed E-state index contributed by atoms with van der Waals surface area (Å²) in [6.45, 7) is 4.42. The monoisotopic (exact) mass is 328 g/mol. The fraction of sp³-hybridized carbons (Fsp3) is 0.462. The van der Waals surface area contributed by atoms with E-state index in [9.17, 15) is 0 Å². The Bertz CT molecular complexity index is 462. The van der Waals surface area contributed by atoms with Crippen LogP contribution in [0, 0.1) is 5.92 Å². The zero-order valence-electron chi connectivity index (χ0n) is 10.7. The van der Waals surface area contributed by atoms with Crippen LogP contribution in [0.5, 0.6) is 5.75 Å². The summed E-state index contributed by atoms with van der Waals surface area (Å²) in [6, 6.07) is 6.37. The van der Waals surface area contributed by atoms with Crippen molar-refractivity contribution in [2.24, 2.45) is 10.9 Å². The van der Waals surface area contributed by atoms with Crippen molar-refractivity contribution < 1.29 is 4.74 Å². The molecule has 5 heteroatoms. The molecule has 1 N–H and O–H groups in total. The molecule has 0 bridgehead atoms. The third-order valence-corrected chi connectivity index (χ3v) is 4.46. The zero-order valence-corrected chi connectivity index (χ0v) is 13.1. The van der Waals surface area contributed by atoms with Crippen LogP contribution in [0.15, 0.2) is 27.7 Å². The molecule has 0 saturated carbocycles. The maximum absolute atomic E-state index is 5.21. The number of nitrogens with zero attached hydrogens (tertiary/aromatic N) is 1. The number of hydrogen-bond acceptors (Lipinski definition) is 4. The first-order valence-electron chi connectivity index (χ1n) is 5.91. The van der Waals surface area contributed by atoms with E-state index in [1.54, 1.807) is 18.9 Å². The average Bonchev–Trinajstić information content (AvgIpc) is 2.78. The second-order valence-corrected chi connectivity index (χ2v) is 6.39. The molecule has 3 nitrogen and oxygen atoms in total. The van der Waals surface area contributed by atoms with Gasteiger partial charge in [0.05, 0.1) is 17.6 Å². The predicted molar refractivity (Wildman–Crippen MR) is 82.8 cm³/mol. The van der Waals surface area contributed by atoms with Gasteiger partial charge in [0.2, 0.25) is 0 Å². The average molecular weight is 329 g/mol. The molecule has 0 amide bonds. The van der Waals surface area contributed by atoms with Crippen molar-refractivity contribution >= 4 is 38.5 Å². The Morgan fingerprint density at radius 2 is 2.28 bits per heavy atom. The number of hydrogen-bond donors (Lipinski definition) is 1. The Balaban J connectivity index is 2.06. The highest BCUT2D eigenvalue weighted by molar-refractivity contribution is 9.10. The first-order valence-corrected chi connectivity index (χ1v) is 7.69. The second-order valence-electron chi connectivity index (χ2n) is 4.53. The summed E-state index contributed by atoms with van der Waals surface area (Å²) >= 11 is 5.26. The van der Waals surface area contributed by atoms with Crippen molar-refractivity contribution in [2.75, 3.05) is 18.2 Å². The minimum Gasteiger partial charge on any atom is -0.496 e. The highest BCUT2D eigenvalue weighted by Crippen LogP contribution is 2.29. The standard InChI is InChI=1S/C13H17BrN2OS/c1-8(2)11-7-18-13(16-11)15-9-4-5-12(17-3)10(14)6-9/h4-6,8,11H,7H2,1-3H3,(H,15,16). The number of benzene rings is 1. The SMILES string of the molecule is COc1ccc(NC2=NC(C(C)C)CS2)cc1Br. The van der Waals surface area contributed by atoms with Gasteiger partial charge in [0.15, 0.2) is 5.17 Å². The second kappa shape index (κ2) is 5.97. The number of methoxy groups -OCH3 is 1. The van der Waals surface area contributed by atoms with Gasteiger partial charge in [0.1, 0.15) is 5.75 Å². The van der Waals surface area contributed by atoms with Crippen molar-refractivity contribution in [2.45, 2.75) is 19.9 Å². The van der Waals surface area contributed by atoms with Crippen molar-refractivity contribution in [1.82, 2.24) is 0 Å². The quantitative estimate of drug-likeness (QED) is 0.910. The molecule has 1 unspecified atom stereocenters. The number of nitrogens with one attached hydrogen (secondary N) is 1. The topological polar surface area (TPSA) is 33.6 Å². The number of ether oxygens (including phenoxy) is 1. The molecule has 0 aromatic heterocycles. The van der Waals surface area contributed by atoms with Gasteiger partial charge in [-0.25, -0.2) is 0 Å². The van der Waals surface area contributed by atoms with Crippen LogP contribution in [0.4, 0.5) is 5.69 Å². The van der Waals surface area contributed by atoms with Crippen LogP contribution in [0.1, 0.15) is 13.8 Å². The molecule has 0 spiro atoms. The first-order chi connectivity index (χ1) is 8.60. The van der Waals surface area contributed by atoms with Crippen molar-refractivity contribution in [1.29, 1.82) is 0 Å². The van der Waals surface area contributed by atoms with Crippen molar-refractivity contribution in [3.05, 3.63) is 22.7 Å². The smallest absolute Gasteiger partial charge is 0.161 e. The van der Waals surface area contributed by atoms with E-state index in [1.165, 1.54) is 0 Å². The van der Waals surface area contributed by atoms with E-state index in [1.807, 2.05) is 18.2 Å². The largest absolute Gasteiger partial charge is 0.496 e. The Labute approximate surface area is 121 Å². The van der Waals surface area contributed by atoms with Crippen LogP contribution in [-0.2, 0) is 0 Å². The molecule has 0 aliphatic carbocycles. The van der Waals surface area contributed by atoms with Gasteiger partial charge in [-0.15, -0.1) is 0 Å². The van der Waals surface area contributed by atoms with Crippen LogP contribution in [0.2, 0.25) is 0 Å². The van der Waals surface area contributed by atoms with Gasteiger partial charge in [-0.2, -0.15) is 0 Å². The highest BCUT2D eigenvalue weighted by atomic mass is 79.9. The van der Waals surface area contributed by atoms with Gasteiger partial charge in [-0.3, -0.25) is 4.99 Å². The molecule has 1 aromatic carbocycles. The van der Waals surface area contributed by atoms with Gasteiger partial charge < -0.3 is 10.1 Å². The molecule has 98 valence electrons. The fourth-order valence-corrected chi connectivity index (χ4v) is 3.40. The molecule has 1 aromatic rings. The van der Waals surface area contributed by atoms with Gasteiger partial charge in [-0.1, -0.05) is 25.6 Å². The summed E-state index contributed by atoms with van der Waals surface area (Å²) in [6.07, 6.45) is 0. The molecular formula is C13H17BrN2OS. The number of anilines is 1. The fourth-order valence-electron chi connectivity index (χ4n) is 1.67. The molecule has 0 fully saturated rings. The third-order valence-electron chi connectivity index (χ3n) is 2.85. The third kappa shape index (κ3) is 3.20. The maximum Gasteiger partial charge on any atom is 0.161 e. The van der Waals surface area contributed by atoms with E-state index in [0.29, 0.717) is 12.0 Å². The summed E-state index contributed by atoms with van der Waals surface area (Å²) in [4.78, 5) is 4.68. The van der Waals surface area contributed by atoms with Gasteiger partial charge >= 0.3 is 0 Å². The summed E-state index contributed by atoms with van der Waals surface area (Å²) in [5, 5.41) is 4.35. The maximum atomic E-state index is 5.21. The van der Waals surface area contributed by atoms with E-state index in [-0.39, 0.29) is 0 Å².